The van der Waals surface area contributed by atoms with Crippen molar-refractivity contribution in [3.8, 4) is 5.75 Å². The normalized spacial score (nSPS) is 13.1. The predicted octanol–water partition coefficient (Wildman–Crippen LogP) is 9.47. The fraction of sp³-hybridized carbons (Fsp3) is 0.268. The number of benzene rings is 5. The Morgan fingerprint density at radius 1 is 0.705 bits per heavy atom. The van der Waals surface area contributed by atoms with Gasteiger partial charge in [-0.3, -0.25) is 0 Å². The number of hydrogen-bond acceptors (Lipinski definition) is 3. The number of aryl methyl sites for hydroxylation is 1. The summed E-state index contributed by atoms with van der Waals surface area (Å²) in [6.45, 7) is 8.75. The van der Waals surface area contributed by atoms with E-state index in [1.165, 1.54) is 27.9 Å². The Kier molecular flexibility index (Phi) is 9.14. The van der Waals surface area contributed by atoms with Crippen LogP contribution in [0.2, 0.25) is 0 Å². The average molecular weight is 582 g/mol. The van der Waals surface area contributed by atoms with Crippen LogP contribution >= 0.6 is 0 Å². The first kappa shape index (κ1) is 29.7. The highest BCUT2D eigenvalue weighted by Gasteiger charge is 2.28. The van der Waals surface area contributed by atoms with Crippen LogP contribution in [0, 0.1) is 6.92 Å². The molecule has 0 amide bonds. The molecule has 3 heteroatoms. The second-order valence-electron chi connectivity index (χ2n) is 12.4. The predicted molar refractivity (Wildman–Crippen MR) is 181 cm³/mol. The van der Waals surface area contributed by atoms with Gasteiger partial charge < -0.3 is 14.7 Å². The molecule has 0 aromatic heterocycles. The lowest BCUT2D eigenvalue weighted by molar-refractivity contribution is 0.218. The Hall–Kier alpha value is -4.34. The third kappa shape index (κ3) is 6.59. The highest BCUT2D eigenvalue weighted by molar-refractivity contribution is 5.65. The number of rotatable bonds is 11. The molecule has 44 heavy (non-hydrogen) atoms. The van der Waals surface area contributed by atoms with E-state index in [-0.39, 0.29) is 5.92 Å². The van der Waals surface area contributed by atoms with Crippen molar-refractivity contribution in [2.45, 2.75) is 71.8 Å². The summed E-state index contributed by atoms with van der Waals surface area (Å²) in [5.74, 6) is 1.15. The number of aliphatic hydroxyl groups is 1. The summed E-state index contributed by atoms with van der Waals surface area (Å²) in [5.41, 5.74) is 12.0. The standard InChI is InChI=1S/C41H43NO2/c1-29(2)37-25-34(22-23-39(37)44-28-33-18-11-6-12-19-33)41(43)40-30(3)24-38(35-20-13-21-36(35)40)42(26-31-14-7-4-8-15-31)27-32-16-9-5-10-17-32/h4-12,14-19,22-25,29,41,43H,13,20-21,26-28H2,1-3H3. The summed E-state index contributed by atoms with van der Waals surface area (Å²) in [7, 11) is 0. The fourth-order valence-electron chi connectivity index (χ4n) is 6.65. The van der Waals surface area contributed by atoms with Gasteiger partial charge in [-0.15, -0.1) is 0 Å². The van der Waals surface area contributed by atoms with E-state index in [4.69, 9.17) is 4.74 Å². The van der Waals surface area contributed by atoms with Gasteiger partial charge in [-0.25, -0.2) is 0 Å². The highest BCUT2D eigenvalue weighted by Crippen LogP contribution is 2.42. The smallest absolute Gasteiger partial charge is 0.123 e. The molecule has 0 spiro atoms. The van der Waals surface area contributed by atoms with Gasteiger partial charge in [0, 0.05) is 18.8 Å². The average Bonchev–Trinajstić information content (AvgIpc) is 3.54. The van der Waals surface area contributed by atoms with Crippen molar-refractivity contribution >= 4 is 5.69 Å². The zero-order valence-electron chi connectivity index (χ0n) is 26.2. The molecule has 0 heterocycles. The van der Waals surface area contributed by atoms with Crippen molar-refractivity contribution in [3.05, 3.63) is 165 Å². The zero-order valence-corrected chi connectivity index (χ0v) is 26.2. The Balaban J connectivity index is 1.34. The van der Waals surface area contributed by atoms with E-state index in [0.29, 0.717) is 6.61 Å². The van der Waals surface area contributed by atoms with Crippen LogP contribution in [0.15, 0.2) is 115 Å². The molecule has 0 radical (unpaired) electrons. The quantitative estimate of drug-likeness (QED) is 0.169. The number of ether oxygens (including phenoxy) is 1. The van der Waals surface area contributed by atoms with Crippen LogP contribution in [-0.2, 0) is 32.5 Å². The molecule has 1 unspecified atom stereocenters. The molecule has 3 nitrogen and oxygen atoms in total. The van der Waals surface area contributed by atoms with Crippen LogP contribution < -0.4 is 9.64 Å². The van der Waals surface area contributed by atoms with Crippen molar-refractivity contribution in [1.29, 1.82) is 0 Å². The van der Waals surface area contributed by atoms with Crippen LogP contribution in [0.3, 0.4) is 0 Å². The fourth-order valence-corrected chi connectivity index (χ4v) is 6.65. The molecule has 0 fully saturated rings. The minimum Gasteiger partial charge on any atom is -0.489 e. The summed E-state index contributed by atoms with van der Waals surface area (Å²) < 4.78 is 6.28. The third-order valence-electron chi connectivity index (χ3n) is 8.89. The van der Waals surface area contributed by atoms with E-state index in [1.807, 2.05) is 30.3 Å². The summed E-state index contributed by atoms with van der Waals surface area (Å²) in [4.78, 5) is 2.52. The topological polar surface area (TPSA) is 32.7 Å². The van der Waals surface area contributed by atoms with Crippen LogP contribution in [-0.4, -0.2) is 5.11 Å². The van der Waals surface area contributed by atoms with Crippen molar-refractivity contribution in [3.63, 3.8) is 0 Å². The molecule has 224 valence electrons. The van der Waals surface area contributed by atoms with E-state index < -0.39 is 6.10 Å². The van der Waals surface area contributed by atoms with Gasteiger partial charge in [0.15, 0.2) is 0 Å². The van der Waals surface area contributed by atoms with Gasteiger partial charge in [0.25, 0.3) is 0 Å². The van der Waals surface area contributed by atoms with Gasteiger partial charge >= 0.3 is 0 Å². The third-order valence-corrected chi connectivity index (χ3v) is 8.89. The largest absolute Gasteiger partial charge is 0.489 e. The molecule has 0 saturated carbocycles. The minimum absolute atomic E-state index is 0.270. The van der Waals surface area contributed by atoms with Gasteiger partial charge in [-0.05, 0) is 100 Å². The Bertz CT molecular complexity index is 1640. The van der Waals surface area contributed by atoms with E-state index in [1.54, 1.807) is 0 Å². The van der Waals surface area contributed by atoms with Crippen LogP contribution in [0.25, 0.3) is 0 Å². The van der Waals surface area contributed by atoms with E-state index in [9.17, 15) is 5.11 Å². The highest BCUT2D eigenvalue weighted by atomic mass is 16.5. The number of nitrogens with zero attached hydrogens (tertiary/aromatic N) is 1. The summed E-state index contributed by atoms with van der Waals surface area (Å²) >= 11 is 0. The van der Waals surface area contributed by atoms with Crippen molar-refractivity contribution in [1.82, 2.24) is 0 Å². The molecule has 5 aromatic rings. The second-order valence-corrected chi connectivity index (χ2v) is 12.4. The summed E-state index contributed by atoms with van der Waals surface area (Å²) in [6, 6.07) is 40.3. The second kappa shape index (κ2) is 13.5. The lowest BCUT2D eigenvalue weighted by Gasteiger charge is -2.30. The zero-order chi connectivity index (χ0) is 30.5. The van der Waals surface area contributed by atoms with Crippen molar-refractivity contribution in [2.24, 2.45) is 0 Å². The van der Waals surface area contributed by atoms with Gasteiger partial charge in [0.05, 0.1) is 0 Å². The molecule has 0 bridgehead atoms. The number of anilines is 1. The molecule has 1 aliphatic rings. The van der Waals surface area contributed by atoms with Crippen LogP contribution in [0.1, 0.15) is 82.4 Å². The molecule has 0 saturated heterocycles. The number of aliphatic hydroxyl groups excluding tert-OH is 1. The number of fused-ring (bicyclic) bond motifs is 1. The number of hydrogen-bond donors (Lipinski definition) is 1. The molecular weight excluding hydrogens is 538 g/mol. The molecular formula is C41H43NO2. The Morgan fingerprint density at radius 2 is 1.27 bits per heavy atom. The van der Waals surface area contributed by atoms with E-state index in [0.717, 1.165) is 65.9 Å². The van der Waals surface area contributed by atoms with Gasteiger partial charge in [-0.1, -0.05) is 111 Å². The lowest BCUT2D eigenvalue weighted by Crippen LogP contribution is -2.24. The maximum atomic E-state index is 12.0. The van der Waals surface area contributed by atoms with Crippen LogP contribution in [0.5, 0.6) is 5.75 Å². The van der Waals surface area contributed by atoms with Gasteiger partial charge in [0.1, 0.15) is 18.5 Å². The maximum absolute atomic E-state index is 12.0. The molecule has 0 aliphatic heterocycles. The maximum Gasteiger partial charge on any atom is 0.123 e. The summed E-state index contributed by atoms with van der Waals surface area (Å²) in [5, 5.41) is 12.0. The van der Waals surface area contributed by atoms with Crippen LogP contribution in [0.4, 0.5) is 5.69 Å². The monoisotopic (exact) mass is 581 g/mol. The summed E-state index contributed by atoms with van der Waals surface area (Å²) in [6.07, 6.45) is 2.46. The van der Waals surface area contributed by atoms with E-state index in [2.05, 4.69) is 111 Å². The minimum atomic E-state index is -0.687. The molecule has 6 rings (SSSR count). The first-order valence-corrected chi connectivity index (χ1v) is 15.9. The molecule has 5 aromatic carbocycles. The molecule has 1 atom stereocenters. The van der Waals surface area contributed by atoms with Crippen molar-refractivity contribution in [2.75, 3.05) is 4.90 Å². The lowest BCUT2D eigenvalue weighted by atomic mass is 9.88. The Labute approximate surface area is 262 Å². The van der Waals surface area contributed by atoms with Gasteiger partial charge in [0.2, 0.25) is 0 Å². The van der Waals surface area contributed by atoms with Gasteiger partial charge in [-0.2, -0.15) is 0 Å². The molecule has 1 N–H and O–H groups in total. The molecule has 1 aliphatic carbocycles. The SMILES string of the molecule is Cc1cc(N(Cc2ccccc2)Cc2ccccc2)c2c(c1C(O)c1ccc(OCc3ccccc3)c(C(C)C)c1)CCC2. The first-order chi connectivity index (χ1) is 21.5. The van der Waals surface area contributed by atoms with Crippen molar-refractivity contribution < 1.29 is 9.84 Å². The Morgan fingerprint density at radius 3 is 1.86 bits per heavy atom. The van der Waals surface area contributed by atoms with E-state index >= 15 is 0 Å². The first-order valence-electron chi connectivity index (χ1n) is 15.9.